The number of nitrogens with zero attached hydrogens (tertiary/aromatic N) is 3. The summed E-state index contributed by atoms with van der Waals surface area (Å²) in [6.45, 7) is 5.83. The van der Waals surface area contributed by atoms with Crippen LogP contribution in [0.25, 0.3) is 0 Å². The minimum Gasteiger partial charge on any atom is -0.285 e. The maximum atomic E-state index is 9.17. The van der Waals surface area contributed by atoms with Crippen molar-refractivity contribution in [2.24, 2.45) is 0 Å². The summed E-state index contributed by atoms with van der Waals surface area (Å²) in [6, 6.07) is 4.05. The van der Waals surface area contributed by atoms with E-state index in [9.17, 15) is 0 Å². The summed E-state index contributed by atoms with van der Waals surface area (Å²) in [5.41, 5.74) is 0.940. The number of nitriles is 1. The first kappa shape index (κ1) is 12.2. The molecule has 1 rings (SSSR count). The fraction of sp³-hybridized carbons (Fsp3) is 0.455. The van der Waals surface area contributed by atoms with Crippen LogP contribution < -0.4 is 0 Å². The van der Waals surface area contributed by atoms with Gasteiger partial charge in [-0.2, -0.15) is 5.26 Å². The second kappa shape index (κ2) is 5.84. The maximum Gasteiger partial charge on any atom is 0.125 e. The van der Waals surface area contributed by atoms with E-state index in [0.29, 0.717) is 0 Å². The lowest BCUT2D eigenvalue weighted by molar-refractivity contribution is 0.262. The number of hydrogen-bond donors (Lipinski definition) is 0. The third-order valence-electron chi connectivity index (χ3n) is 2.34. The smallest absolute Gasteiger partial charge is 0.125 e. The van der Waals surface area contributed by atoms with E-state index in [4.69, 9.17) is 5.26 Å². The van der Waals surface area contributed by atoms with Crippen LogP contribution in [-0.2, 0) is 0 Å². The second-order valence-electron chi connectivity index (χ2n) is 3.19. The highest BCUT2D eigenvalue weighted by molar-refractivity contribution is 9.10. The average molecular weight is 268 g/mol. The molecule has 0 radical (unpaired) electrons. The van der Waals surface area contributed by atoms with Gasteiger partial charge in [-0.15, -0.1) is 0 Å². The zero-order chi connectivity index (χ0) is 11.3. The summed E-state index contributed by atoms with van der Waals surface area (Å²) < 4.78 is 0.910. The molecule has 0 saturated heterocycles. The van der Waals surface area contributed by atoms with Gasteiger partial charge in [0.15, 0.2) is 0 Å². The normalized spacial score (nSPS) is 12.5. The molecule has 0 aliphatic carbocycles. The molecule has 0 N–H and O–H groups in total. The Labute approximate surface area is 98.9 Å². The lowest BCUT2D eigenvalue weighted by Gasteiger charge is -2.23. The Hall–Kier alpha value is -0.920. The van der Waals surface area contributed by atoms with E-state index < -0.39 is 0 Å². The number of pyridine rings is 1. The fourth-order valence-electron chi connectivity index (χ4n) is 1.53. The summed E-state index contributed by atoms with van der Waals surface area (Å²) in [6.07, 6.45) is 3.47. The van der Waals surface area contributed by atoms with Crippen LogP contribution in [0.2, 0.25) is 0 Å². The Morgan fingerprint density at radius 1 is 1.47 bits per heavy atom. The standard InChI is InChI=1S/C11H14BrN3/c1-3-15(4-2)11(6-13)9-5-10(12)8-14-7-9/h5,7-8,11H,3-4H2,1-2H3. The van der Waals surface area contributed by atoms with Gasteiger partial charge in [0.1, 0.15) is 6.04 Å². The van der Waals surface area contributed by atoms with Crippen molar-refractivity contribution < 1.29 is 0 Å². The van der Waals surface area contributed by atoms with Gasteiger partial charge in [-0.3, -0.25) is 9.88 Å². The molecule has 0 aliphatic rings. The Morgan fingerprint density at radius 3 is 2.60 bits per heavy atom. The third-order valence-corrected chi connectivity index (χ3v) is 2.78. The van der Waals surface area contributed by atoms with E-state index >= 15 is 0 Å². The highest BCUT2D eigenvalue weighted by atomic mass is 79.9. The largest absolute Gasteiger partial charge is 0.285 e. The van der Waals surface area contributed by atoms with Crippen LogP contribution in [0.4, 0.5) is 0 Å². The van der Waals surface area contributed by atoms with Gasteiger partial charge in [0, 0.05) is 22.4 Å². The molecule has 1 aromatic heterocycles. The predicted octanol–water partition coefficient (Wildman–Crippen LogP) is 2.75. The van der Waals surface area contributed by atoms with Gasteiger partial charge in [-0.25, -0.2) is 0 Å². The van der Waals surface area contributed by atoms with E-state index in [-0.39, 0.29) is 6.04 Å². The number of hydrogen-bond acceptors (Lipinski definition) is 3. The SMILES string of the molecule is CCN(CC)C(C#N)c1cncc(Br)c1. The Bertz CT molecular complexity index is 355. The van der Waals surface area contributed by atoms with Crippen LogP contribution >= 0.6 is 15.9 Å². The van der Waals surface area contributed by atoms with Gasteiger partial charge in [-0.05, 0) is 35.1 Å². The molecule has 0 aliphatic heterocycles. The maximum absolute atomic E-state index is 9.17. The number of rotatable bonds is 4. The van der Waals surface area contributed by atoms with E-state index in [1.807, 2.05) is 6.07 Å². The Kier molecular flexibility index (Phi) is 4.73. The highest BCUT2D eigenvalue weighted by Crippen LogP contribution is 2.21. The first-order valence-corrected chi connectivity index (χ1v) is 5.76. The van der Waals surface area contributed by atoms with Crippen LogP contribution in [0.5, 0.6) is 0 Å². The molecular formula is C11H14BrN3. The van der Waals surface area contributed by atoms with E-state index in [1.165, 1.54) is 0 Å². The molecule has 0 saturated carbocycles. The number of halogens is 1. The van der Waals surface area contributed by atoms with Gasteiger partial charge in [0.25, 0.3) is 0 Å². The summed E-state index contributed by atoms with van der Waals surface area (Å²) >= 11 is 3.36. The van der Waals surface area contributed by atoms with Gasteiger partial charge < -0.3 is 0 Å². The van der Waals surface area contributed by atoms with Crippen LogP contribution in [0.3, 0.4) is 0 Å². The first-order chi connectivity index (χ1) is 7.22. The molecule has 1 unspecified atom stereocenters. The van der Waals surface area contributed by atoms with Gasteiger partial charge >= 0.3 is 0 Å². The van der Waals surface area contributed by atoms with Crippen molar-refractivity contribution in [1.82, 2.24) is 9.88 Å². The lowest BCUT2D eigenvalue weighted by atomic mass is 10.1. The zero-order valence-corrected chi connectivity index (χ0v) is 10.5. The fourth-order valence-corrected chi connectivity index (χ4v) is 1.92. The highest BCUT2D eigenvalue weighted by Gasteiger charge is 2.17. The van der Waals surface area contributed by atoms with E-state index in [2.05, 4.69) is 45.7 Å². The lowest BCUT2D eigenvalue weighted by Crippen LogP contribution is -2.27. The van der Waals surface area contributed by atoms with Gasteiger partial charge in [0.05, 0.1) is 6.07 Å². The minimum atomic E-state index is -0.204. The molecule has 1 atom stereocenters. The Morgan fingerprint density at radius 2 is 2.13 bits per heavy atom. The molecule has 1 heterocycles. The van der Waals surface area contributed by atoms with Crippen LogP contribution in [0.1, 0.15) is 25.5 Å². The average Bonchev–Trinajstić information content (AvgIpc) is 2.25. The van der Waals surface area contributed by atoms with Crippen LogP contribution in [-0.4, -0.2) is 23.0 Å². The predicted molar refractivity (Wildman–Crippen MR) is 63.2 cm³/mol. The minimum absolute atomic E-state index is 0.204. The van der Waals surface area contributed by atoms with Crippen molar-refractivity contribution in [2.45, 2.75) is 19.9 Å². The topological polar surface area (TPSA) is 39.9 Å². The van der Waals surface area contributed by atoms with Gasteiger partial charge in [0.2, 0.25) is 0 Å². The van der Waals surface area contributed by atoms with Crippen LogP contribution in [0, 0.1) is 11.3 Å². The van der Waals surface area contributed by atoms with E-state index in [0.717, 1.165) is 23.1 Å². The Balaban J connectivity index is 2.97. The molecule has 0 aromatic carbocycles. The quantitative estimate of drug-likeness (QED) is 0.843. The summed E-state index contributed by atoms with van der Waals surface area (Å²) in [7, 11) is 0. The third kappa shape index (κ3) is 3.01. The zero-order valence-electron chi connectivity index (χ0n) is 8.94. The molecule has 80 valence electrons. The molecule has 0 spiro atoms. The van der Waals surface area contributed by atoms with Crippen LogP contribution in [0.15, 0.2) is 22.9 Å². The van der Waals surface area contributed by atoms with Crippen molar-refractivity contribution in [3.05, 3.63) is 28.5 Å². The second-order valence-corrected chi connectivity index (χ2v) is 4.11. The molecule has 0 amide bonds. The van der Waals surface area contributed by atoms with Crippen molar-refractivity contribution in [2.75, 3.05) is 13.1 Å². The molecule has 3 nitrogen and oxygen atoms in total. The molecule has 0 fully saturated rings. The van der Waals surface area contributed by atoms with Gasteiger partial charge in [-0.1, -0.05) is 13.8 Å². The molecule has 1 aromatic rings. The van der Waals surface area contributed by atoms with Crippen molar-refractivity contribution in [3.63, 3.8) is 0 Å². The van der Waals surface area contributed by atoms with E-state index in [1.54, 1.807) is 12.4 Å². The summed E-state index contributed by atoms with van der Waals surface area (Å²) in [5.74, 6) is 0. The molecular weight excluding hydrogens is 254 g/mol. The molecule has 15 heavy (non-hydrogen) atoms. The summed E-state index contributed by atoms with van der Waals surface area (Å²) in [4.78, 5) is 6.18. The first-order valence-electron chi connectivity index (χ1n) is 4.97. The van der Waals surface area contributed by atoms with Crippen molar-refractivity contribution in [1.29, 1.82) is 5.26 Å². The van der Waals surface area contributed by atoms with Crippen molar-refractivity contribution >= 4 is 15.9 Å². The van der Waals surface area contributed by atoms with Crippen molar-refractivity contribution in [3.8, 4) is 6.07 Å². The summed E-state index contributed by atoms with van der Waals surface area (Å²) in [5, 5.41) is 9.17. The molecule has 4 heteroatoms. The molecule has 0 bridgehead atoms. The number of aromatic nitrogens is 1. The monoisotopic (exact) mass is 267 g/mol.